The molecule has 5 rings (SSSR count). The molecule has 3 aromatic rings. The summed E-state index contributed by atoms with van der Waals surface area (Å²) >= 11 is 0. The van der Waals surface area contributed by atoms with E-state index in [0.717, 1.165) is 37.3 Å². The van der Waals surface area contributed by atoms with Crippen molar-refractivity contribution in [3.63, 3.8) is 0 Å². The van der Waals surface area contributed by atoms with Gasteiger partial charge in [0.25, 0.3) is 5.91 Å². The van der Waals surface area contributed by atoms with Crippen LogP contribution in [0.1, 0.15) is 45.1 Å². The van der Waals surface area contributed by atoms with Crippen molar-refractivity contribution in [2.45, 2.75) is 32.5 Å². The van der Waals surface area contributed by atoms with Crippen LogP contribution in [0.2, 0.25) is 0 Å². The van der Waals surface area contributed by atoms with Crippen molar-refractivity contribution in [3.8, 4) is 0 Å². The van der Waals surface area contributed by atoms with Crippen LogP contribution in [0, 0.1) is 0 Å². The largest absolute Gasteiger partial charge is 0.417 e. The number of carbonyl (C=O) groups is 2. The second-order valence-corrected chi connectivity index (χ2v) is 10.6. The Hall–Kier alpha value is -3.96. The number of piperazine rings is 1. The Morgan fingerprint density at radius 2 is 1.80 bits per heavy atom. The molecular formula is C30H33F3N6O2. The zero-order chi connectivity index (χ0) is 29.1. The Bertz CT molecular complexity index is 1430. The molecule has 216 valence electrons. The maximum atomic E-state index is 14.8. The molecule has 0 radical (unpaired) electrons. The number of carbonyl (C=O) groups excluding carboxylic acids is 2. The lowest BCUT2D eigenvalue weighted by molar-refractivity contribution is -0.139. The minimum atomic E-state index is -4.65. The lowest BCUT2D eigenvalue weighted by atomic mass is 9.93. The number of halogens is 3. The number of hydrogen-bond donors (Lipinski definition) is 3. The van der Waals surface area contributed by atoms with Gasteiger partial charge in [-0.1, -0.05) is 18.2 Å². The van der Waals surface area contributed by atoms with Gasteiger partial charge in [0.15, 0.2) is 0 Å². The van der Waals surface area contributed by atoms with Gasteiger partial charge in [-0.15, -0.1) is 0 Å². The van der Waals surface area contributed by atoms with E-state index < -0.39 is 17.6 Å². The minimum absolute atomic E-state index is 0.0224. The summed E-state index contributed by atoms with van der Waals surface area (Å²) in [5.74, 6) is -0.477. The number of hydrogen-bond acceptors (Lipinski definition) is 6. The average Bonchev–Trinajstić information content (AvgIpc) is 3.39. The summed E-state index contributed by atoms with van der Waals surface area (Å²) < 4.78 is 44.4. The van der Waals surface area contributed by atoms with Crippen LogP contribution in [0.3, 0.4) is 0 Å². The van der Waals surface area contributed by atoms with Crippen molar-refractivity contribution >= 4 is 29.0 Å². The molecule has 2 aliphatic heterocycles. The summed E-state index contributed by atoms with van der Waals surface area (Å²) in [6.07, 6.45) is -2.46. The number of alkyl halides is 3. The molecule has 11 heteroatoms. The summed E-state index contributed by atoms with van der Waals surface area (Å²) in [6.45, 7) is 5.19. The number of anilines is 3. The summed E-state index contributed by atoms with van der Waals surface area (Å²) in [6, 6.07) is 11.5. The van der Waals surface area contributed by atoms with Gasteiger partial charge < -0.3 is 20.9 Å². The van der Waals surface area contributed by atoms with Gasteiger partial charge in [0.05, 0.1) is 5.56 Å². The molecule has 41 heavy (non-hydrogen) atoms. The van der Waals surface area contributed by atoms with Crippen molar-refractivity contribution < 1.29 is 22.8 Å². The quantitative estimate of drug-likeness (QED) is 0.387. The topological polar surface area (TPSA) is 89.6 Å². The first-order valence-corrected chi connectivity index (χ1v) is 13.6. The monoisotopic (exact) mass is 566 g/mol. The van der Waals surface area contributed by atoms with Crippen LogP contribution < -0.4 is 16.0 Å². The van der Waals surface area contributed by atoms with E-state index >= 15 is 0 Å². The lowest BCUT2D eigenvalue weighted by Gasteiger charge is -2.33. The highest BCUT2D eigenvalue weighted by Crippen LogP contribution is 2.40. The van der Waals surface area contributed by atoms with Crippen LogP contribution >= 0.6 is 0 Å². The SMILES string of the molecule is CC(=O)Nc1ccc(Cc2c(NC(=O)c3ccc4c(c3)NCC4)ccc(CN3CCN(C)CC3)c2C(F)(F)F)cn1. The molecule has 0 bridgehead atoms. The van der Waals surface area contributed by atoms with Gasteiger partial charge >= 0.3 is 6.18 Å². The number of nitrogens with one attached hydrogen (secondary N) is 3. The lowest BCUT2D eigenvalue weighted by Crippen LogP contribution is -2.44. The fourth-order valence-corrected chi connectivity index (χ4v) is 5.34. The van der Waals surface area contributed by atoms with Crippen LogP contribution in [0.15, 0.2) is 48.7 Å². The molecule has 2 aromatic carbocycles. The van der Waals surface area contributed by atoms with E-state index in [1.54, 1.807) is 30.3 Å². The van der Waals surface area contributed by atoms with E-state index in [1.165, 1.54) is 19.2 Å². The maximum Gasteiger partial charge on any atom is 0.417 e. The number of benzene rings is 2. The van der Waals surface area contributed by atoms with E-state index in [2.05, 4.69) is 25.8 Å². The molecule has 3 heterocycles. The van der Waals surface area contributed by atoms with Gasteiger partial charge in [-0.2, -0.15) is 13.2 Å². The molecule has 2 aliphatic rings. The third-order valence-electron chi connectivity index (χ3n) is 7.51. The molecule has 0 aliphatic carbocycles. The van der Waals surface area contributed by atoms with E-state index in [9.17, 15) is 22.8 Å². The molecule has 0 saturated carbocycles. The van der Waals surface area contributed by atoms with Crippen molar-refractivity contribution in [3.05, 3.63) is 82.0 Å². The van der Waals surface area contributed by atoms with E-state index in [4.69, 9.17) is 0 Å². The second-order valence-electron chi connectivity index (χ2n) is 10.6. The zero-order valence-corrected chi connectivity index (χ0v) is 23.1. The van der Waals surface area contributed by atoms with Crippen molar-refractivity contribution in [2.75, 3.05) is 55.7 Å². The molecule has 2 amide bonds. The molecular weight excluding hydrogens is 533 g/mol. The fourth-order valence-electron chi connectivity index (χ4n) is 5.34. The number of fused-ring (bicyclic) bond motifs is 1. The standard InChI is InChI=1S/C30H33F3N6O2/c1-19(40)36-27-8-3-20(17-35-27)15-24-25(37-29(41)22-5-4-21-9-10-34-26(21)16-22)7-6-23(28(24)30(31,32)33)18-39-13-11-38(2)12-14-39/h3-8,16-17,34H,9-15,18H2,1-2H3,(H,37,41)(H,35,36,40). The van der Waals surface area contributed by atoms with Gasteiger partial charge in [-0.3, -0.25) is 14.5 Å². The van der Waals surface area contributed by atoms with Crippen LogP contribution in [0.25, 0.3) is 0 Å². The van der Waals surface area contributed by atoms with Crippen LogP contribution in [-0.2, 0) is 30.4 Å². The highest BCUT2D eigenvalue weighted by Gasteiger charge is 2.38. The number of pyridine rings is 1. The van der Waals surface area contributed by atoms with Gasteiger partial charge in [0, 0.05) is 75.7 Å². The summed E-state index contributed by atoms with van der Waals surface area (Å²) in [5, 5.41) is 8.55. The molecule has 0 unspecified atom stereocenters. The first-order chi connectivity index (χ1) is 19.6. The van der Waals surface area contributed by atoms with Gasteiger partial charge in [-0.25, -0.2) is 4.98 Å². The predicted octanol–water partition coefficient (Wildman–Crippen LogP) is 4.62. The Kier molecular flexibility index (Phi) is 8.27. The third kappa shape index (κ3) is 6.86. The maximum absolute atomic E-state index is 14.8. The van der Waals surface area contributed by atoms with Gasteiger partial charge in [0.1, 0.15) is 5.82 Å². The Morgan fingerprint density at radius 3 is 2.49 bits per heavy atom. The fraction of sp³-hybridized carbons (Fsp3) is 0.367. The predicted molar refractivity (Wildman–Crippen MR) is 152 cm³/mol. The van der Waals surface area contributed by atoms with Gasteiger partial charge in [0.2, 0.25) is 5.91 Å². The van der Waals surface area contributed by atoms with Crippen LogP contribution in [0.4, 0.5) is 30.4 Å². The molecule has 1 aromatic heterocycles. The van der Waals surface area contributed by atoms with Crippen LogP contribution in [0.5, 0.6) is 0 Å². The summed E-state index contributed by atoms with van der Waals surface area (Å²) in [7, 11) is 2.00. The van der Waals surface area contributed by atoms with E-state index in [1.807, 2.05) is 18.0 Å². The normalized spacial score (nSPS) is 15.7. The number of rotatable bonds is 7. The molecule has 1 fully saturated rings. The number of aromatic nitrogens is 1. The first kappa shape index (κ1) is 28.6. The Labute approximate surface area is 236 Å². The number of amides is 2. The molecule has 0 atom stereocenters. The zero-order valence-electron chi connectivity index (χ0n) is 23.1. The average molecular weight is 567 g/mol. The van der Waals surface area contributed by atoms with E-state index in [0.29, 0.717) is 30.0 Å². The highest BCUT2D eigenvalue weighted by molar-refractivity contribution is 6.05. The van der Waals surface area contributed by atoms with Crippen molar-refractivity contribution in [1.82, 2.24) is 14.8 Å². The molecule has 1 saturated heterocycles. The van der Waals surface area contributed by atoms with Crippen molar-refractivity contribution in [2.24, 2.45) is 0 Å². The summed E-state index contributed by atoms with van der Waals surface area (Å²) in [4.78, 5) is 33.0. The van der Waals surface area contributed by atoms with Crippen molar-refractivity contribution in [1.29, 1.82) is 0 Å². The number of likely N-dealkylation sites (N-methyl/N-ethyl adjacent to an activating group) is 1. The third-order valence-corrected chi connectivity index (χ3v) is 7.51. The van der Waals surface area contributed by atoms with Crippen LogP contribution in [-0.4, -0.2) is 66.4 Å². The molecule has 0 spiro atoms. The number of nitrogens with zero attached hydrogens (tertiary/aromatic N) is 3. The Balaban J connectivity index is 1.51. The smallest absolute Gasteiger partial charge is 0.384 e. The minimum Gasteiger partial charge on any atom is -0.384 e. The molecule has 3 N–H and O–H groups in total. The first-order valence-electron chi connectivity index (χ1n) is 13.6. The summed E-state index contributed by atoms with van der Waals surface area (Å²) in [5.41, 5.74) is 2.34. The second kappa shape index (κ2) is 11.9. The highest BCUT2D eigenvalue weighted by atomic mass is 19.4. The van der Waals surface area contributed by atoms with E-state index in [-0.39, 0.29) is 35.7 Å². The molecule has 8 nitrogen and oxygen atoms in total. The van der Waals surface area contributed by atoms with Gasteiger partial charge in [-0.05, 0) is 60.0 Å². The Morgan fingerprint density at radius 1 is 1.02 bits per heavy atom.